The first-order valence-corrected chi connectivity index (χ1v) is 6.98. The third-order valence-corrected chi connectivity index (χ3v) is 3.78. The number of ketones is 1. The van der Waals surface area contributed by atoms with Crippen molar-refractivity contribution in [2.75, 3.05) is 14.2 Å². The predicted molar refractivity (Wildman–Crippen MR) is 81.0 cm³/mol. The van der Waals surface area contributed by atoms with E-state index in [4.69, 9.17) is 9.84 Å². The summed E-state index contributed by atoms with van der Waals surface area (Å²) in [7, 11) is 2.69. The average Bonchev–Trinajstić information content (AvgIpc) is 2.50. The highest BCUT2D eigenvalue weighted by molar-refractivity contribution is 5.98. The summed E-state index contributed by atoms with van der Waals surface area (Å²) in [6, 6.07) is 3.81. The molecule has 1 aromatic carbocycles. The Labute approximate surface area is 133 Å². The number of benzene rings is 1. The van der Waals surface area contributed by atoms with Crippen LogP contribution in [0.5, 0.6) is 5.75 Å². The van der Waals surface area contributed by atoms with Crippen LogP contribution in [0, 0.1) is 5.82 Å². The number of hydrogen-bond acceptors (Lipinski definition) is 4. The Morgan fingerprint density at radius 2 is 1.87 bits per heavy atom. The zero-order valence-corrected chi connectivity index (χ0v) is 13.6. The number of likely N-dealkylation sites (N-methyl/N-ethyl adjacent to an activating group) is 1. The lowest BCUT2D eigenvalue weighted by Gasteiger charge is -2.31. The molecule has 0 fully saturated rings. The van der Waals surface area contributed by atoms with E-state index in [1.54, 1.807) is 0 Å². The molecule has 1 amide bonds. The van der Waals surface area contributed by atoms with Crippen LogP contribution in [0.3, 0.4) is 0 Å². The van der Waals surface area contributed by atoms with Gasteiger partial charge >= 0.3 is 5.97 Å². The van der Waals surface area contributed by atoms with Crippen molar-refractivity contribution in [3.05, 3.63) is 29.6 Å². The van der Waals surface area contributed by atoms with Gasteiger partial charge in [0.05, 0.1) is 7.11 Å². The average molecular weight is 325 g/mol. The zero-order valence-electron chi connectivity index (χ0n) is 13.6. The van der Waals surface area contributed by atoms with Crippen molar-refractivity contribution in [3.8, 4) is 5.75 Å². The molecule has 0 saturated heterocycles. The van der Waals surface area contributed by atoms with E-state index >= 15 is 0 Å². The first-order chi connectivity index (χ1) is 10.6. The number of nitrogens with zero attached hydrogens (tertiary/aromatic N) is 1. The van der Waals surface area contributed by atoms with Gasteiger partial charge in [0, 0.05) is 25.5 Å². The molecule has 7 heteroatoms. The van der Waals surface area contributed by atoms with E-state index in [2.05, 4.69) is 0 Å². The smallest absolute Gasteiger partial charge is 0.329 e. The summed E-state index contributed by atoms with van der Waals surface area (Å²) in [5.74, 6) is -2.65. The van der Waals surface area contributed by atoms with E-state index < -0.39 is 29.0 Å². The number of carboxylic acids is 1. The Morgan fingerprint density at radius 1 is 1.26 bits per heavy atom. The molecule has 0 aromatic heterocycles. The molecule has 0 heterocycles. The van der Waals surface area contributed by atoms with Crippen molar-refractivity contribution in [1.29, 1.82) is 0 Å². The molecule has 0 aliphatic heterocycles. The van der Waals surface area contributed by atoms with Gasteiger partial charge in [-0.3, -0.25) is 9.59 Å². The minimum absolute atomic E-state index is 0.0283. The summed E-state index contributed by atoms with van der Waals surface area (Å²) in [4.78, 5) is 36.2. The van der Waals surface area contributed by atoms with Gasteiger partial charge in [-0.25, -0.2) is 9.18 Å². The molecule has 1 rings (SSSR count). The predicted octanol–water partition coefficient (Wildman–Crippen LogP) is 2.12. The zero-order chi connectivity index (χ0) is 17.8. The summed E-state index contributed by atoms with van der Waals surface area (Å²) in [5, 5.41) is 9.08. The van der Waals surface area contributed by atoms with E-state index in [1.807, 2.05) is 0 Å². The van der Waals surface area contributed by atoms with Crippen LogP contribution in [-0.2, 0) is 9.59 Å². The first-order valence-electron chi connectivity index (χ1n) is 6.98. The second kappa shape index (κ2) is 7.21. The van der Waals surface area contributed by atoms with Gasteiger partial charge in [-0.15, -0.1) is 0 Å². The molecule has 0 aliphatic carbocycles. The Hall–Kier alpha value is -2.44. The minimum Gasteiger partial charge on any atom is -0.494 e. The van der Waals surface area contributed by atoms with Crippen LogP contribution in [0.2, 0.25) is 0 Å². The van der Waals surface area contributed by atoms with Crippen LogP contribution in [0.1, 0.15) is 37.0 Å². The van der Waals surface area contributed by atoms with E-state index in [0.717, 1.165) is 11.0 Å². The normalized spacial score (nSPS) is 11.0. The molecule has 1 N–H and O–H groups in total. The first kappa shape index (κ1) is 18.6. The maximum Gasteiger partial charge on any atom is 0.329 e. The number of rotatable bonds is 7. The summed E-state index contributed by atoms with van der Waals surface area (Å²) >= 11 is 0. The Kier molecular flexibility index (Phi) is 5.84. The second-order valence-corrected chi connectivity index (χ2v) is 5.59. The van der Waals surface area contributed by atoms with Crippen molar-refractivity contribution in [2.24, 2.45) is 0 Å². The number of methoxy groups -OCH3 is 1. The highest BCUT2D eigenvalue weighted by Crippen LogP contribution is 2.20. The molecule has 23 heavy (non-hydrogen) atoms. The maximum absolute atomic E-state index is 13.6. The fourth-order valence-electron chi connectivity index (χ4n) is 1.83. The lowest BCUT2D eigenvalue weighted by Crippen LogP contribution is -2.50. The van der Waals surface area contributed by atoms with Crippen LogP contribution >= 0.6 is 0 Å². The van der Waals surface area contributed by atoms with Gasteiger partial charge in [0.25, 0.3) is 0 Å². The molecule has 0 saturated carbocycles. The van der Waals surface area contributed by atoms with E-state index in [9.17, 15) is 18.8 Å². The van der Waals surface area contributed by atoms with E-state index in [-0.39, 0.29) is 24.2 Å². The largest absolute Gasteiger partial charge is 0.494 e. The van der Waals surface area contributed by atoms with Gasteiger partial charge in [0.1, 0.15) is 5.54 Å². The standard InChI is InChI=1S/C16H20FNO5/c1-16(2,15(21)22)18(3)14(20)8-6-12(19)10-5-7-13(23-4)11(17)9-10/h5,7,9H,6,8H2,1-4H3,(H,21,22). The number of amides is 1. The van der Waals surface area contributed by atoms with Gasteiger partial charge < -0.3 is 14.7 Å². The topological polar surface area (TPSA) is 83.9 Å². The van der Waals surface area contributed by atoms with Crippen LogP contribution < -0.4 is 4.74 Å². The molecular weight excluding hydrogens is 305 g/mol. The van der Waals surface area contributed by atoms with Crippen molar-refractivity contribution >= 4 is 17.7 Å². The van der Waals surface area contributed by atoms with Crippen LogP contribution in [0.25, 0.3) is 0 Å². The van der Waals surface area contributed by atoms with Gasteiger partial charge in [0.2, 0.25) is 5.91 Å². The number of hydrogen-bond donors (Lipinski definition) is 1. The molecule has 0 atom stereocenters. The van der Waals surface area contributed by atoms with Crippen molar-refractivity contribution in [1.82, 2.24) is 4.90 Å². The number of carboxylic acid groups (broad SMARTS) is 1. The fourth-order valence-corrected chi connectivity index (χ4v) is 1.83. The van der Waals surface area contributed by atoms with Crippen LogP contribution in [0.4, 0.5) is 4.39 Å². The summed E-state index contributed by atoms with van der Waals surface area (Å²) in [6.45, 7) is 2.79. The molecule has 0 spiro atoms. The fraction of sp³-hybridized carbons (Fsp3) is 0.438. The molecule has 126 valence electrons. The van der Waals surface area contributed by atoms with E-state index in [1.165, 1.54) is 40.1 Å². The summed E-state index contributed by atoms with van der Waals surface area (Å²) in [6.07, 6.45) is -0.287. The van der Waals surface area contributed by atoms with Crippen molar-refractivity contribution in [2.45, 2.75) is 32.2 Å². The van der Waals surface area contributed by atoms with Crippen LogP contribution in [-0.4, -0.2) is 47.4 Å². The number of halogens is 1. The third kappa shape index (κ3) is 4.28. The highest BCUT2D eigenvalue weighted by Gasteiger charge is 2.35. The van der Waals surface area contributed by atoms with Gasteiger partial charge in [-0.05, 0) is 32.0 Å². The Balaban J connectivity index is 2.71. The summed E-state index contributed by atoms with van der Waals surface area (Å²) in [5.41, 5.74) is -1.23. The number of Topliss-reactive ketones (excluding diaryl/α,β-unsaturated/α-hetero) is 1. The van der Waals surface area contributed by atoms with E-state index in [0.29, 0.717) is 0 Å². The monoisotopic (exact) mass is 325 g/mol. The molecule has 0 bridgehead atoms. The number of aliphatic carboxylic acids is 1. The van der Waals surface area contributed by atoms with Gasteiger partial charge in [0.15, 0.2) is 17.3 Å². The second-order valence-electron chi connectivity index (χ2n) is 5.59. The van der Waals surface area contributed by atoms with Crippen molar-refractivity contribution < 1.29 is 28.6 Å². The number of carbonyl (C=O) groups is 3. The molecule has 0 radical (unpaired) electrons. The molecule has 0 aliphatic rings. The van der Waals surface area contributed by atoms with Crippen molar-refractivity contribution in [3.63, 3.8) is 0 Å². The number of carbonyl (C=O) groups excluding carboxylic acids is 2. The maximum atomic E-state index is 13.6. The minimum atomic E-state index is -1.37. The van der Waals surface area contributed by atoms with Crippen LogP contribution in [0.15, 0.2) is 18.2 Å². The summed E-state index contributed by atoms with van der Waals surface area (Å²) < 4.78 is 18.3. The molecule has 1 aromatic rings. The Morgan fingerprint density at radius 3 is 2.35 bits per heavy atom. The molecular formula is C16H20FNO5. The highest BCUT2D eigenvalue weighted by atomic mass is 19.1. The SMILES string of the molecule is COc1ccc(C(=O)CCC(=O)N(C)C(C)(C)C(=O)O)cc1F. The van der Waals surface area contributed by atoms with Gasteiger partial charge in [-0.1, -0.05) is 0 Å². The van der Waals surface area contributed by atoms with Gasteiger partial charge in [-0.2, -0.15) is 0 Å². The third-order valence-electron chi connectivity index (χ3n) is 3.78. The molecule has 6 nitrogen and oxygen atoms in total. The lowest BCUT2D eigenvalue weighted by molar-refractivity contribution is -0.155. The Bertz CT molecular complexity index is 627. The molecule has 0 unspecified atom stereocenters. The quantitative estimate of drug-likeness (QED) is 0.776. The number of ether oxygens (including phenoxy) is 1. The lowest BCUT2D eigenvalue weighted by atomic mass is 10.0.